The Hall–Kier alpha value is -2.12. The molecule has 0 radical (unpaired) electrons. The molecule has 0 aliphatic rings. The number of carbonyl (C=O) groups is 2. The maximum absolute atomic E-state index is 11.8. The number of primary amides is 1. The minimum Gasteiger partial charge on any atom is -0.394 e. The van der Waals surface area contributed by atoms with Gasteiger partial charge in [-0.2, -0.15) is 0 Å². The molecule has 0 heterocycles. The van der Waals surface area contributed by atoms with Gasteiger partial charge in [0.2, 0.25) is 0 Å². The van der Waals surface area contributed by atoms with Crippen molar-refractivity contribution in [2.75, 3.05) is 31.7 Å². The van der Waals surface area contributed by atoms with Crippen molar-refractivity contribution in [1.29, 1.82) is 0 Å². The van der Waals surface area contributed by atoms with Gasteiger partial charge in [-0.25, -0.2) is 4.79 Å². The van der Waals surface area contributed by atoms with Crippen molar-refractivity contribution < 1.29 is 19.4 Å². The summed E-state index contributed by atoms with van der Waals surface area (Å²) in [7, 11) is 0. The number of nitrogens with one attached hydrogen (secondary N) is 2. The summed E-state index contributed by atoms with van der Waals surface area (Å²) < 4.78 is 5.07. The third-order valence-corrected chi connectivity index (χ3v) is 2.40. The fourth-order valence-corrected chi connectivity index (χ4v) is 1.49. The van der Waals surface area contributed by atoms with E-state index in [1.165, 1.54) is 0 Å². The number of aliphatic hydroxyl groups is 1. The fourth-order valence-electron chi connectivity index (χ4n) is 1.49. The molecule has 3 amide bonds. The molecule has 0 saturated heterocycles. The van der Waals surface area contributed by atoms with Gasteiger partial charge in [-0.1, -0.05) is 0 Å². The number of amides is 3. The van der Waals surface area contributed by atoms with Crippen LogP contribution >= 0.6 is 0 Å². The molecule has 5 N–H and O–H groups in total. The van der Waals surface area contributed by atoms with Gasteiger partial charge in [0.15, 0.2) is 0 Å². The minimum absolute atomic E-state index is 0.00194. The van der Waals surface area contributed by atoms with Crippen LogP contribution in [0.2, 0.25) is 0 Å². The number of aliphatic hydroxyl groups excluding tert-OH is 1. The molecular formula is C13H19N3O4. The van der Waals surface area contributed by atoms with Gasteiger partial charge in [-0.05, 0) is 30.7 Å². The van der Waals surface area contributed by atoms with Gasteiger partial charge in [-0.3, -0.25) is 4.79 Å². The van der Waals surface area contributed by atoms with Crippen LogP contribution in [-0.4, -0.2) is 43.4 Å². The van der Waals surface area contributed by atoms with Gasteiger partial charge in [0.05, 0.1) is 13.2 Å². The molecular weight excluding hydrogens is 262 g/mol. The van der Waals surface area contributed by atoms with Gasteiger partial charge in [-0.15, -0.1) is 0 Å². The zero-order chi connectivity index (χ0) is 14.8. The standard InChI is InChI=1S/C13H19N3O4/c14-13(19)16-11-4-2-10(3-5-11)12(18)15-6-1-8-20-9-7-17/h2-5,17H,1,6-9H2,(H,15,18)(H3,14,16,19). The van der Waals surface area contributed by atoms with Gasteiger partial charge < -0.3 is 26.2 Å². The lowest BCUT2D eigenvalue weighted by molar-refractivity contribution is 0.0867. The molecule has 0 atom stereocenters. The third-order valence-electron chi connectivity index (χ3n) is 2.40. The van der Waals surface area contributed by atoms with E-state index in [0.29, 0.717) is 37.4 Å². The SMILES string of the molecule is NC(=O)Nc1ccc(C(=O)NCCCOCCO)cc1. The molecule has 0 saturated carbocycles. The predicted molar refractivity (Wildman–Crippen MR) is 74.5 cm³/mol. The average molecular weight is 281 g/mol. The quantitative estimate of drug-likeness (QED) is 0.513. The Kier molecular flexibility index (Phi) is 7.08. The Morgan fingerprint density at radius 2 is 1.90 bits per heavy atom. The van der Waals surface area contributed by atoms with E-state index < -0.39 is 6.03 Å². The Morgan fingerprint density at radius 3 is 2.50 bits per heavy atom. The molecule has 0 fully saturated rings. The summed E-state index contributed by atoms with van der Waals surface area (Å²) >= 11 is 0. The zero-order valence-electron chi connectivity index (χ0n) is 11.1. The van der Waals surface area contributed by atoms with Gasteiger partial charge >= 0.3 is 6.03 Å². The smallest absolute Gasteiger partial charge is 0.316 e. The van der Waals surface area contributed by atoms with Gasteiger partial charge in [0.1, 0.15) is 0 Å². The lowest BCUT2D eigenvalue weighted by atomic mass is 10.2. The Labute approximate surface area is 117 Å². The van der Waals surface area contributed by atoms with Crippen LogP contribution in [-0.2, 0) is 4.74 Å². The molecule has 0 aliphatic carbocycles. The number of benzene rings is 1. The number of carbonyl (C=O) groups excluding carboxylic acids is 2. The number of anilines is 1. The molecule has 0 spiro atoms. The summed E-state index contributed by atoms with van der Waals surface area (Å²) in [5.41, 5.74) is 6.01. The normalized spacial score (nSPS) is 10.1. The van der Waals surface area contributed by atoms with Crippen LogP contribution in [0.1, 0.15) is 16.8 Å². The van der Waals surface area contributed by atoms with Crippen molar-refractivity contribution in [3.8, 4) is 0 Å². The van der Waals surface area contributed by atoms with E-state index >= 15 is 0 Å². The molecule has 1 aromatic carbocycles. The van der Waals surface area contributed by atoms with Crippen molar-refractivity contribution in [2.24, 2.45) is 5.73 Å². The van der Waals surface area contributed by atoms with Crippen LogP contribution in [0.15, 0.2) is 24.3 Å². The average Bonchev–Trinajstić information content (AvgIpc) is 2.42. The van der Waals surface area contributed by atoms with Crippen molar-refractivity contribution in [3.05, 3.63) is 29.8 Å². The van der Waals surface area contributed by atoms with Crippen LogP contribution in [0.4, 0.5) is 10.5 Å². The monoisotopic (exact) mass is 281 g/mol. The van der Waals surface area contributed by atoms with E-state index in [1.807, 2.05) is 0 Å². The number of hydrogen-bond donors (Lipinski definition) is 4. The molecule has 7 nitrogen and oxygen atoms in total. The first-order valence-electron chi connectivity index (χ1n) is 6.27. The lowest BCUT2D eigenvalue weighted by Crippen LogP contribution is -2.25. The molecule has 0 aliphatic heterocycles. The van der Waals surface area contributed by atoms with Crippen LogP contribution in [0.3, 0.4) is 0 Å². The van der Waals surface area contributed by atoms with Crippen LogP contribution in [0, 0.1) is 0 Å². The Bertz CT molecular complexity index is 434. The second-order valence-electron chi connectivity index (χ2n) is 4.01. The number of urea groups is 1. The first-order chi connectivity index (χ1) is 9.63. The Morgan fingerprint density at radius 1 is 1.20 bits per heavy atom. The van der Waals surface area contributed by atoms with Crippen LogP contribution in [0.25, 0.3) is 0 Å². The Balaban J connectivity index is 2.30. The summed E-state index contributed by atoms with van der Waals surface area (Å²) in [6.07, 6.45) is 0.674. The first-order valence-corrected chi connectivity index (χ1v) is 6.27. The van der Waals surface area contributed by atoms with Crippen LogP contribution < -0.4 is 16.4 Å². The molecule has 7 heteroatoms. The van der Waals surface area contributed by atoms with Crippen LogP contribution in [0.5, 0.6) is 0 Å². The molecule has 0 aromatic heterocycles. The van der Waals surface area contributed by atoms with Crippen molar-refractivity contribution in [2.45, 2.75) is 6.42 Å². The number of nitrogens with two attached hydrogens (primary N) is 1. The number of hydrogen-bond acceptors (Lipinski definition) is 4. The van der Waals surface area contributed by atoms with Crippen molar-refractivity contribution in [1.82, 2.24) is 5.32 Å². The fraction of sp³-hybridized carbons (Fsp3) is 0.385. The molecule has 20 heavy (non-hydrogen) atoms. The highest BCUT2D eigenvalue weighted by molar-refractivity contribution is 5.95. The lowest BCUT2D eigenvalue weighted by Gasteiger charge is -2.07. The van der Waals surface area contributed by atoms with E-state index in [-0.39, 0.29) is 12.5 Å². The summed E-state index contributed by atoms with van der Waals surface area (Å²) in [6.45, 7) is 1.29. The molecule has 110 valence electrons. The topological polar surface area (TPSA) is 114 Å². The molecule has 1 rings (SSSR count). The summed E-state index contributed by atoms with van der Waals surface area (Å²) in [5.74, 6) is -0.196. The number of rotatable bonds is 8. The second kappa shape index (κ2) is 8.89. The van der Waals surface area contributed by atoms with Crippen molar-refractivity contribution >= 4 is 17.6 Å². The molecule has 0 bridgehead atoms. The third kappa shape index (κ3) is 6.17. The zero-order valence-corrected chi connectivity index (χ0v) is 11.1. The van der Waals surface area contributed by atoms with Crippen molar-refractivity contribution in [3.63, 3.8) is 0 Å². The maximum Gasteiger partial charge on any atom is 0.316 e. The summed E-state index contributed by atoms with van der Waals surface area (Å²) in [6, 6.07) is 5.75. The van der Waals surface area contributed by atoms with Gasteiger partial charge in [0, 0.05) is 24.4 Å². The molecule has 1 aromatic rings. The highest BCUT2D eigenvalue weighted by Crippen LogP contribution is 2.09. The van der Waals surface area contributed by atoms with E-state index in [0.717, 1.165) is 0 Å². The van der Waals surface area contributed by atoms with E-state index in [9.17, 15) is 9.59 Å². The first kappa shape index (κ1) is 15.9. The highest BCUT2D eigenvalue weighted by atomic mass is 16.5. The summed E-state index contributed by atoms with van der Waals surface area (Å²) in [4.78, 5) is 22.4. The maximum atomic E-state index is 11.8. The summed E-state index contributed by atoms with van der Waals surface area (Å²) in [5, 5.41) is 13.7. The second-order valence-corrected chi connectivity index (χ2v) is 4.01. The van der Waals surface area contributed by atoms with E-state index in [2.05, 4.69) is 10.6 Å². The molecule has 0 unspecified atom stereocenters. The predicted octanol–water partition coefficient (Wildman–Crippen LogP) is 0.306. The number of ether oxygens (including phenoxy) is 1. The van der Waals surface area contributed by atoms with E-state index in [4.69, 9.17) is 15.6 Å². The largest absolute Gasteiger partial charge is 0.394 e. The van der Waals surface area contributed by atoms with Gasteiger partial charge in [0.25, 0.3) is 5.91 Å². The highest BCUT2D eigenvalue weighted by Gasteiger charge is 2.05. The van der Waals surface area contributed by atoms with E-state index in [1.54, 1.807) is 24.3 Å². The minimum atomic E-state index is -0.648.